The third-order valence-electron chi connectivity index (χ3n) is 4.09. The van der Waals surface area contributed by atoms with Crippen LogP contribution in [0.3, 0.4) is 0 Å². The highest BCUT2D eigenvalue weighted by molar-refractivity contribution is 5.76. The molecule has 1 fully saturated rings. The number of nitrogens with zero attached hydrogens (tertiary/aromatic N) is 3. The molecule has 6 heteroatoms. The Hall–Kier alpha value is -2.63. The van der Waals surface area contributed by atoms with E-state index < -0.39 is 11.2 Å². The maximum atomic E-state index is 12.5. The third-order valence-corrected chi connectivity index (χ3v) is 4.09. The highest BCUT2D eigenvalue weighted by atomic mass is 16.2. The first-order chi connectivity index (χ1) is 11.1. The van der Waals surface area contributed by atoms with E-state index >= 15 is 0 Å². The molecule has 1 aliphatic rings. The van der Waals surface area contributed by atoms with Crippen LogP contribution in [-0.2, 0) is 17.9 Å². The Labute approximate surface area is 133 Å². The second-order valence-electron chi connectivity index (χ2n) is 5.72. The van der Waals surface area contributed by atoms with Crippen LogP contribution in [0.1, 0.15) is 18.4 Å². The lowest BCUT2D eigenvalue weighted by Gasteiger charge is -2.16. The van der Waals surface area contributed by atoms with Gasteiger partial charge in [0.1, 0.15) is 6.54 Å². The molecule has 2 aromatic rings. The molecule has 1 aromatic heterocycles. The summed E-state index contributed by atoms with van der Waals surface area (Å²) < 4.78 is 2.47. The van der Waals surface area contributed by atoms with E-state index in [0.29, 0.717) is 19.6 Å². The summed E-state index contributed by atoms with van der Waals surface area (Å²) in [5.74, 6) is -0.167. The lowest BCUT2D eigenvalue weighted by Crippen LogP contribution is -2.43. The van der Waals surface area contributed by atoms with Crippen molar-refractivity contribution in [2.75, 3.05) is 13.1 Å². The monoisotopic (exact) mass is 313 g/mol. The molecule has 0 radical (unpaired) electrons. The van der Waals surface area contributed by atoms with Crippen molar-refractivity contribution in [3.63, 3.8) is 0 Å². The Balaban J connectivity index is 1.85. The molecule has 6 nitrogen and oxygen atoms in total. The van der Waals surface area contributed by atoms with Crippen LogP contribution in [0.15, 0.2) is 52.2 Å². The van der Waals surface area contributed by atoms with E-state index in [1.165, 1.54) is 16.8 Å². The summed E-state index contributed by atoms with van der Waals surface area (Å²) in [5, 5.41) is 0. The van der Waals surface area contributed by atoms with Gasteiger partial charge in [-0.2, -0.15) is 0 Å². The van der Waals surface area contributed by atoms with Crippen molar-refractivity contribution in [1.82, 2.24) is 14.0 Å². The molecule has 1 saturated heterocycles. The number of hydrogen-bond acceptors (Lipinski definition) is 3. The summed E-state index contributed by atoms with van der Waals surface area (Å²) in [6.07, 6.45) is 3.44. The van der Waals surface area contributed by atoms with Crippen molar-refractivity contribution in [2.45, 2.75) is 25.9 Å². The largest absolute Gasteiger partial charge is 0.341 e. The van der Waals surface area contributed by atoms with Gasteiger partial charge in [0.05, 0.1) is 6.54 Å². The summed E-state index contributed by atoms with van der Waals surface area (Å²) >= 11 is 0. The lowest BCUT2D eigenvalue weighted by molar-refractivity contribution is -0.130. The topological polar surface area (TPSA) is 64.3 Å². The molecule has 1 aliphatic heterocycles. The summed E-state index contributed by atoms with van der Waals surface area (Å²) in [5.41, 5.74) is 0.0754. The van der Waals surface area contributed by atoms with E-state index in [9.17, 15) is 14.4 Å². The molecule has 120 valence electrons. The molecule has 2 heterocycles. The minimum atomic E-state index is -0.450. The molecule has 1 amide bonds. The molecule has 23 heavy (non-hydrogen) atoms. The van der Waals surface area contributed by atoms with Crippen molar-refractivity contribution >= 4 is 5.91 Å². The number of carbonyl (C=O) groups excluding carboxylic acids is 1. The summed E-state index contributed by atoms with van der Waals surface area (Å²) in [4.78, 5) is 38.4. The van der Waals surface area contributed by atoms with Gasteiger partial charge in [-0.05, 0) is 18.4 Å². The van der Waals surface area contributed by atoms with Crippen molar-refractivity contribution in [1.29, 1.82) is 0 Å². The van der Waals surface area contributed by atoms with Crippen LogP contribution in [-0.4, -0.2) is 33.0 Å². The van der Waals surface area contributed by atoms with Crippen LogP contribution in [0.2, 0.25) is 0 Å². The fourth-order valence-electron chi connectivity index (χ4n) is 2.80. The van der Waals surface area contributed by atoms with Crippen LogP contribution in [0.4, 0.5) is 0 Å². The van der Waals surface area contributed by atoms with Gasteiger partial charge in [-0.15, -0.1) is 0 Å². The number of rotatable bonds is 4. The second-order valence-corrected chi connectivity index (χ2v) is 5.72. The molecule has 0 aliphatic carbocycles. The summed E-state index contributed by atoms with van der Waals surface area (Å²) in [6.45, 7) is 1.60. The molecule has 0 bridgehead atoms. The maximum Gasteiger partial charge on any atom is 0.331 e. The number of hydrogen-bond donors (Lipinski definition) is 0. The van der Waals surface area contributed by atoms with Crippen molar-refractivity contribution < 1.29 is 4.79 Å². The quantitative estimate of drug-likeness (QED) is 0.834. The molecule has 0 N–H and O–H groups in total. The average molecular weight is 313 g/mol. The van der Waals surface area contributed by atoms with Crippen LogP contribution in [0.25, 0.3) is 0 Å². The Morgan fingerprint density at radius 3 is 2.39 bits per heavy atom. The predicted molar refractivity (Wildman–Crippen MR) is 86.3 cm³/mol. The molecule has 0 atom stereocenters. The molecule has 0 spiro atoms. The number of carbonyl (C=O) groups is 1. The van der Waals surface area contributed by atoms with Crippen molar-refractivity contribution in [3.05, 3.63) is 69.0 Å². The van der Waals surface area contributed by atoms with Crippen LogP contribution in [0, 0.1) is 0 Å². The average Bonchev–Trinajstić information content (AvgIpc) is 3.10. The second kappa shape index (κ2) is 6.64. The highest BCUT2D eigenvalue weighted by Crippen LogP contribution is 2.07. The van der Waals surface area contributed by atoms with E-state index in [0.717, 1.165) is 23.0 Å². The smallest absolute Gasteiger partial charge is 0.331 e. The summed E-state index contributed by atoms with van der Waals surface area (Å²) in [7, 11) is 0. The van der Waals surface area contributed by atoms with Gasteiger partial charge in [-0.3, -0.25) is 18.7 Å². The van der Waals surface area contributed by atoms with Crippen LogP contribution < -0.4 is 11.2 Å². The van der Waals surface area contributed by atoms with Crippen LogP contribution in [0.5, 0.6) is 0 Å². The summed E-state index contributed by atoms with van der Waals surface area (Å²) in [6, 6.07) is 10.9. The Kier molecular flexibility index (Phi) is 4.41. The molecule has 0 saturated carbocycles. The zero-order chi connectivity index (χ0) is 16.2. The normalized spacial score (nSPS) is 14.2. The SMILES string of the molecule is O=C(Cn1c(=O)ccn(Cc2ccccc2)c1=O)N1CCCC1. The highest BCUT2D eigenvalue weighted by Gasteiger charge is 2.19. The van der Waals surface area contributed by atoms with Crippen molar-refractivity contribution in [3.8, 4) is 0 Å². The molecule has 0 unspecified atom stereocenters. The third kappa shape index (κ3) is 3.41. The molecular weight excluding hydrogens is 294 g/mol. The number of amides is 1. The minimum absolute atomic E-state index is 0.167. The van der Waals surface area contributed by atoms with Gasteiger partial charge in [-0.1, -0.05) is 30.3 Å². The van der Waals surface area contributed by atoms with Gasteiger partial charge in [0.2, 0.25) is 5.91 Å². The molecular formula is C17H19N3O3. The zero-order valence-corrected chi connectivity index (χ0v) is 12.9. The van der Waals surface area contributed by atoms with Gasteiger partial charge in [-0.25, -0.2) is 4.79 Å². The minimum Gasteiger partial charge on any atom is -0.341 e. The van der Waals surface area contributed by atoms with Gasteiger partial charge in [0.15, 0.2) is 0 Å². The first kappa shape index (κ1) is 15.3. The van der Waals surface area contributed by atoms with Gasteiger partial charge >= 0.3 is 5.69 Å². The Morgan fingerprint density at radius 1 is 1.00 bits per heavy atom. The van der Waals surface area contributed by atoms with E-state index in [1.54, 1.807) is 4.90 Å². The zero-order valence-electron chi connectivity index (χ0n) is 12.9. The first-order valence-electron chi connectivity index (χ1n) is 7.77. The molecule has 1 aromatic carbocycles. The molecule has 3 rings (SSSR count). The van der Waals surface area contributed by atoms with E-state index in [2.05, 4.69) is 0 Å². The van der Waals surface area contributed by atoms with Crippen LogP contribution >= 0.6 is 0 Å². The first-order valence-corrected chi connectivity index (χ1v) is 7.77. The predicted octanol–water partition coefficient (Wildman–Crippen LogP) is 0.681. The van der Waals surface area contributed by atoms with Gasteiger partial charge in [0.25, 0.3) is 5.56 Å². The number of likely N-dealkylation sites (tertiary alicyclic amines) is 1. The fourth-order valence-corrected chi connectivity index (χ4v) is 2.80. The number of benzene rings is 1. The van der Waals surface area contributed by atoms with Gasteiger partial charge in [0, 0.05) is 25.4 Å². The Morgan fingerprint density at radius 2 is 1.70 bits per heavy atom. The van der Waals surface area contributed by atoms with E-state index in [4.69, 9.17) is 0 Å². The fraction of sp³-hybridized carbons (Fsp3) is 0.353. The maximum absolute atomic E-state index is 12.5. The van der Waals surface area contributed by atoms with Crippen molar-refractivity contribution in [2.24, 2.45) is 0 Å². The number of aromatic nitrogens is 2. The van der Waals surface area contributed by atoms with E-state index in [1.807, 2.05) is 30.3 Å². The lowest BCUT2D eigenvalue weighted by atomic mass is 10.2. The van der Waals surface area contributed by atoms with Gasteiger partial charge < -0.3 is 4.90 Å². The standard InChI is InChI=1S/C17H19N3O3/c21-15-8-11-19(12-14-6-2-1-3-7-14)17(23)20(15)13-16(22)18-9-4-5-10-18/h1-3,6-8,11H,4-5,9-10,12-13H2. The van der Waals surface area contributed by atoms with E-state index in [-0.39, 0.29) is 12.5 Å². The Bertz CT molecular complexity index is 802.